The van der Waals surface area contributed by atoms with E-state index in [-0.39, 0.29) is 22.6 Å². The smallest absolute Gasteiger partial charge is 0.340 e. The highest BCUT2D eigenvalue weighted by atomic mass is 16.6. The number of esters is 1. The van der Waals surface area contributed by atoms with Crippen LogP contribution in [0.2, 0.25) is 0 Å². The summed E-state index contributed by atoms with van der Waals surface area (Å²) < 4.78 is 6.13. The molecule has 0 fully saturated rings. The number of carbonyl (C=O) groups is 2. The van der Waals surface area contributed by atoms with Gasteiger partial charge in [-0.1, -0.05) is 45.9 Å². The van der Waals surface area contributed by atoms with Gasteiger partial charge in [-0.25, -0.2) is 9.59 Å². The van der Waals surface area contributed by atoms with Crippen LogP contribution < -0.4 is 0 Å². The fourth-order valence-corrected chi connectivity index (χ4v) is 4.95. The van der Waals surface area contributed by atoms with Crippen LogP contribution in [0, 0.1) is 0 Å². The van der Waals surface area contributed by atoms with Crippen molar-refractivity contribution in [2.75, 3.05) is 0 Å². The molecule has 3 aromatic rings. The fraction of sp³-hybridized carbons (Fsp3) is 0.310. The third-order valence-corrected chi connectivity index (χ3v) is 6.95. The third-order valence-electron chi connectivity index (χ3n) is 6.95. The van der Waals surface area contributed by atoms with Crippen LogP contribution in [0.3, 0.4) is 0 Å². The number of fused-ring (bicyclic) bond motifs is 1. The SMILES string of the molecule is CCc1cc(CC)c(O)c(C2(c3cc(CC)cc(CC)c3O)OC(=O)c3cc(C(=O)O)ccc32)c1. The second-order valence-corrected chi connectivity index (χ2v) is 8.85. The molecule has 0 bridgehead atoms. The number of hydrogen-bond donors (Lipinski definition) is 3. The van der Waals surface area contributed by atoms with Crippen LogP contribution in [0.25, 0.3) is 0 Å². The number of aryl methyl sites for hydroxylation is 4. The zero-order valence-corrected chi connectivity index (χ0v) is 20.4. The molecule has 0 atom stereocenters. The summed E-state index contributed by atoms with van der Waals surface area (Å²) in [7, 11) is 0. The minimum absolute atomic E-state index is 0.00740. The molecule has 0 saturated heterocycles. The van der Waals surface area contributed by atoms with Crippen molar-refractivity contribution in [1.82, 2.24) is 0 Å². The highest BCUT2D eigenvalue weighted by Crippen LogP contribution is 2.53. The first-order chi connectivity index (χ1) is 16.7. The van der Waals surface area contributed by atoms with E-state index in [4.69, 9.17) is 4.74 Å². The number of carbonyl (C=O) groups excluding carboxylic acids is 1. The van der Waals surface area contributed by atoms with Crippen molar-refractivity contribution in [3.63, 3.8) is 0 Å². The number of cyclic esters (lactones) is 1. The van der Waals surface area contributed by atoms with Crippen molar-refractivity contribution in [1.29, 1.82) is 0 Å². The monoisotopic (exact) mass is 474 g/mol. The van der Waals surface area contributed by atoms with Gasteiger partial charge in [0.1, 0.15) is 11.5 Å². The lowest BCUT2D eigenvalue weighted by Crippen LogP contribution is -2.31. The second-order valence-electron chi connectivity index (χ2n) is 8.85. The molecule has 4 rings (SSSR count). The van der Waals surface area contributed by atoms with E-state index in [9.17, 15) is 24.9 Å². The molecule has 182 valence electrons. The number of aromatic carboxylic acids is 1. The summed E-state index contributed by atoms with van der Waals surface area (Å²) in [6.07, 6.45) is 2.50. The van der Waals surface area contributed by atoms with Gasteiger partial charge in [-0.3, -0.25) is 0 Å². The first-order valence-electron chi connectivity index (χ1n) is 12.0. The number of phenolic OH excluding ortho intramolecular Hbond substituents is 2. The van der Waals surface area contributed by atoms with Gasteiger partial charge in [0.25, 0.3) is 0 Å². The molecule has 3 aromatic carbocycles. The Morgan fingerprint density at radius 3 is 1.71 bits per heavy atom. The Morgan fingerprint density at radius 1 is 0.771 bits per heavy atom. The summed E-state index contributed by atoms with van der Waals surface area (Å²) in [5, 5.41) is 32.4. The van der Waals surface area contributed by atoms with Crippen molar-refractivity contribution in [3.8, 4) is 11.5 Å². The van der Waals surface area contributed by atoms with Crippen LogP contribution in [0.15, 0.2) is 42.5 Å². The van der Waals surface area contributed by atoms with E-state index in [1.165, 1.54) is 12.1 Å². The minimum atomic E-state index is -1.64. The van der Waals surface area contributed by atoms with E-state index in [1.54, 1.807) is 6.07 Å². The van der Waals surface area contributed by atoms with Gasteiger partial charge in [0.05, 0.1) is 11.1 Å². The molecule has 0 amide bonds. The third kappa shape index (κ3) is 3.73. The Hall–Kier alpha value is -3.80. The number of carboxylic acid groups (broad SMARTS) is 1. The average molecular weight is 475 g/mol. The predicted molar refractivity (Wildman–Crippen MR) is 132 cm³/mol. The van der Waals surface area contributed by atoms with E-state index in [2.05, 4.69) is 0 Å². The molecule has 0 unspecified atom stereocenters. The van der Waals surface area contributed by atoms with Gasteiger partial charge < -0.3 is 20.1 Å². The number of benzene rings is 3. The van der Waals surface area contributed by atoms with Gasteiger partial charge >= 0.3 is 11.9 Å². The molecule has 0 aromatic heterocycles. The van der Waals surface area contributed by atoms with Gasteiger partial charge in [0.2, 0.25) is 0 Å². The number of ether oxygens (including phenoxy) is 1. The van der Waals surface area contributed by atoms with Crippen molar-refractivity contribution >= 4 is 11.9 Å². The van der Waals surface area contributed by atoms with E-state index >= 15 is 0 Å². The summed E-state index contributed by atoms with van der Waals surface area (Å²) >= 11 is 0. The van der Waals surface area contributed by atoms with Gasteiger partial charge in [-0.15, -0.1) is 0 Å². The van der Waals surface area contributed by atoms with E-state index < -0.39 is 17.5 Å². The van der Waals surface area contributed by atoms with E-state index in [1.807, 2.05) is 52.0 Å². The Bertz CT molecular complexity index is 1280. The number of rotatable bonds is 7. The zero-order valence-electron chi connectivity index (χ0n) is 20.4. The summed E-state index contributed by atoms with van der Waals surface area (Å²) in [6.45, 7) is 7.87. The first kappa shape index (κ1) is 24.3. The van der Waals surface area contributed by atoms with Crippen LogP contribution in [0.4, 0.5) is 0 Å². The lowest BCUT2D eigenvalue weighted by Gasteiger charge is -2.33. The van der Waals surface area contributed by atoms with Gasteiger partial charge in [0.15, 0.2) is 5.60 Å². The summed E-state index contributed by atoms with van der Waals surface area (Å²) in [4.78, 5) is 24.9. The molecular formula is C29H30O6. The van der Waals surface area contributed by atoms with Gasteiger partial charge in [-0.2, -0.15) is 0 Å². The van der Waals surface area contributed by atoms with Crippen LogP contribution in [0.1, 0.15) is 87.4 Å². The van der Waals surface area contributed by atoms with Crippen LogP contribution >= 0.6 is 0 Å². The minimum Gasteiger partial charge on any atom is -0.507 e. The topological polar surface area (TPSA) is 104 Å². The predicted octanol–water partition coefficient (Wildman–Crippen LogP) is 5.51. The molecule has 0 spiro atoms. The highest BCUT2D eigenvalue weighted by Gasteiger charge is 2.52. The Kier molecular flexibility index (Phi) is 6.32. The maximum absolute atomic E-state index is 13.3. The zero-order chi connectivity index (χ0) is 25.5. The maximum Gasteiger partial charge on any atom is 0.340 e. The molecule has 0 aliphatic carbocycles. The molecule has 6 nitrogen and oxygen atoms in total. The first-order valence-corrected chi connectivity index (χ1v) is 12.0. The molecule has 0 saturated carbocycles. The van der Waals surface area contributed by atoms with E-state index in [0.717, 1.165) is 11.1 Å². The van der Waals surface area contributed by atoms with Crippen LogP contribution in [-0.2, 0) is 36.0 Å². The normalized spacial score (nSPS) is 14.0. The summed E-state index contributed by atoms with van der Waals surface area (Å²) in [5.41, 5.74) is 2.82. The Balaban J connectivity index is 2.19. The number of phenols is 2. The molecule has 0 radical (unpaired) electrons. The largest absolute Gasteiger partial charge is 0.507 e. The van der Waals surface area contributed by atoms with Crippen molar-refractivity contribution < 1.29 is 29.6 Å². The number of carboxylic acids is 1. The van der Waals surface area contributed by atoms with Gasteiger partial charge in [0, 0.05) is 16.7 Å². The standard InChI is InChI=1S/C29H30O6/c1-5-16-11-18(7-3)25(30)23(13-16)29(24-14-17(6-2)12-19(8-4)26(24)31)22-10-9-20(27(32)33)15-21(22)28(34)35-29/h9-15,30-31H,5-8H2,1-4H3,(H,32,33). The van der Waals surface area contributed by atoms with E-state index in [0.29, 0.717) is 53.5 Å². The Labute approximate surface area is 204 Å². The fourth-order valence-electron chi connectivity index (χ4n) is 4.95. The lowest BCUT2D eigenvalue weighted by molar-refractivity contribution is 0.0238. The lowest BCUT2D eigenvalue weighted by atomic mass is 9.76. The molecular weight excluding hydrogens is 444 g/mol. The summed E-state index contributed by atoms with van der Waals surface area (Å²) in [5.74, 6) is -1.88. The molecule has 1 heterocycles. The second kappa shape index (κ2) is 9.10. The average Bonchev–Trinajstić information content (AvgIpc) is 3.16. The van der Waals surface area contributed by atoms with Crippen molar-refractivity contribution in [3.05, 3.63) is 92.5 Å². The molecule has 1 aliphatic rings. The highest BCUT2D eigenvalue weighted by molar-refractivity contribution is 6.00. The number of aromatic hydroxyl groups is 2. The maximum atomic E-state index is 13.3. The molecule has 35 heavy (non-hydrogen) atoms. The quantitative estimate of drug-likeness (QED) is 0.390. The molecule has 1 aliphatic heterocycles. The Morgan fingerprint density at radius 2 is 1.29 bits per heavy atom. The molecule has 3 N–H and O–H groups in total. The summed E-state index contributed by atoms with van der Waals surface area (Å²) in [6, 6.07) is 11.7. The molecule has 6 heteroatoms. The van der Waals surface area contributed by atoms with Crippen molar-refractivity contribution in [2.45, 2.75) is 59.0 Å². The number of hydrogen-bond acceptors (Lipinski definition) is 5. The van der Waals surface area contributed by atoms with Crippen molar-refractivity contribution in [2.24, 2.45) is 0 Å². The van der Waals surface area contributed by atoms with Crippen LogP contribution in [-0.4, -0.2) is 27.3 Å². The van der Waals surface area contributed by atoms with Crippen LogP contribution in [0.5, 0.6) is 11.5 Å². The van der Waals surface area contributed by atoms with Gasteiger partial charge in [-0.05, 0) is 72.2 Å².